The number of aromatic nitrogens is 4. The first-order valence-corrected chi connectivity index (χ1v) is 6.93. The summed E-state index contributed by atoms with van der Waals surface area (Å²) in [6, 6.07) is 9.73. The lowest BCUT2D eigenvalue weighted by Gasteiger charge is -2.01. The molecule has 7 heteroatoms. The predicted molar refractivity (Wildman–Crippen MR) is 78.5 cm³/mol. The zero-order chi connectivity index (χ0) is 15.2. The van der Waals surface area contributed by atoms with Gasteiger partial charge in [-0.1, -0.05) is 30.3 Å². The molecule has 112 valence electrons. The molecule has 0 atom stereocenters. The van der Waals surface area contributed by atoms with Crippen LogP contribution in [0.5, 0.6) is 0 Å². The Labute approximate surface area is 126 Å². The fourth-order valence-corrected chi connectivity index (χ4v) is 1.97. The topological polar surface area (TPSA) is 96.7 Å². The average Bonchev–Trinajstić information content (AvgIpc) is 3.23. The fraction of sp³-hybridized carbons (Fsp3) is 0.200. The molecule has 0 aliphatic rings. The third kappa shape index (κ3) is 3.57. The van der Waals surface area contributed by atoms with Crippen LogP contribution < -0.4 is 5.32 Å². The van der Waals surface area contributed by atoms with Crippen molar-refractivity contribution in [3.05, 3.63) is 54.3 Å². The number of benzene rings is 1. The molecule has 0 aliphatic heterocycles. The minimum atomic E-state index is -0.0811. The second kappa shape index (κ2) is 6.66. The van der Waals surface area contributed by atoms with E-state index in [0.29, 0.717) is 36.7 Å². The van der Waals surface area contributed by atoms with Gasteiger partial charge in [-0.2, -0.15) is 15.4 Å². The van der Waals surface area contributed by atoms with Crippen LogP contribution in [-0.2, 0) is 17.8 Å². The highest BCUT2D eigenvalue weighted by Crippen LogP contribution is 2.20. The summed E-state index contributed by atoms with van der Waals surface area (Å²) < 4.78 is 5.65. The van der Waals surface area contributed by atoms with Gasteiger partial charge in [-0.3, -0.25) is 4.79 Å². The van der Waals surface area contributed by atoms with Crippen molar-refractivity contribution in [3.63, 3.8) is 0 Å². The molecule has 3 rings (SSSR count). The smallest absolute Gasteiger partial charge is 0.220 e. The first kappa shape index (κ1) is 14.0. The highest BCUT2D eigenvalue weighted by Gasteiger charge is 2.09. The van der Waals surface area contributed by atoms with E-state index in [1.54, 1.807) is 12.4 Å². The van der Waals surface area contributed by atoms with E-state index in [2.05, 4.69) is 25.7 Å². The number of aryl methyl sites for hydroxylation is 1. The van der Waals surface area contributed by atoms with Crippen LogP contribution in [-0.4, -0.2) is 26.3 Å². The number of H-pyrrole nitrogens is 1. The molecule has 2 aromatic heterocycles. The Morgan fingerprint density at radius 3 is 2.86 bits per heavy atom. The molecule has 1 amide bonds. The maximum Gasteiger partial charge on any atom is 0.220 e. The molecule has 0 saturated carbocycles. The van der Waals surface area contributed by atoms with Gasteiger partial charge in [0.25, 0.3) is 0 Å². The van der Waals surface area contributed by atoms with Gasteiger partial charge in [0, 0.05) is 18.4 Å². The first-order chi connectivity index (χ1) is 10.8. The third-order valence-corrected chi connectivity index (χ3v) is 3.11. The van der Waals surface area contributed by atoms with Crippen molar-refractivity contribution in [1.82, 2.24) is 25.7 Å². The van der Waals surface area contributed by atoms with E-state index in [1.165, 1.54) is 0 Å². The van der Waals surface area contributed by atoms with E-state index in [9.17, 15) is 4.79 Å². The molecule has 0 fully saturated rings. The molecular formula is C15H15N5O2. The zero-order valence-corrected chi connectivity index (χ0v) is 11.8. The molecule has 2 N–H and O–H groups in total. The largest absolute Gasteiger partial charge is 0.441 e. The van der Waals surface area contributed by atoms with Gasteiger partial charge < -0.3 is 9.73 Å². The van der Waals surface area contributed by atoms with E-state index in [4.69, 9.17) is 4.42 Å². The van der Waals surface area contributed by atoms with Gasteiger partial charge in [-0.15, -0.1) is 0 Å². The Morgan fingerprint density at radius 2 is 2.09 bits per heavy atom. The van der Waals surface area contributed by atoms with Crippen molar-refractivity contribution in [1.29, 1.82) is 0 Å². The van der Waals surface area contributed by atoms with Crippen molar-refractivity contribution in [2.75, 3.05) is 0 Å². The minimum Gasteiger partial charge on any atom is -0.441 e. The molecule has 2 heterocycles. The zero-order valence-electron chi connectivity index (χ0n) is 11.8. The molecule has 0 spiro atoms. The van der Waals surface area contributed by atoms with Crippen LogP contribution >= 0.6 is 0 Å². The molecule has 1 aromatic carbocycles. The van der Waals surface area contributed by atoms with Crippen LogP contribution in [0.15, 0.2) is 47.1 Å². The second-order valence-corrected chi connectivity index (χ2v) is 4.72. The Hall–Kier alpha value is -2.96. The summed E-state index contributed by atoms with van der Waals surface area (Å²) in [4.78, 5) is 15.9. The third-order valence-electron chi connectivity index (χ3n) is 3.11. The number of hydrogen-bond donors (Lipinski definition) is 2. The van der Waals surface area contributed by atoms with E-state index in [1.807, 2.05) is 30.3 Å². The van der Waals surface area contributed by atoms with Crippen molar-refractivity contribution < 1.29 is 9.21 Å². The van der Waals surface area contributed by atoms with Gasteiger partial charge in [-0.05, 0) is 0 Å². The maximum atomic E-state index is 11.7. The van der Waals surface area contributed by atoms with Crippen LogP contribution in [0.2, 0.25) is 0 Å². The van der Waals surface area contributed by atoms with Crippen LogP contribution in [0, 0.1) is 0 Å². The van der Waals surface area contributed by atoms with Gasteiger partial charge in [0.2, 0.25) is 5.91 Å². The SMILES string of the molecule is O=C(CCc1ncc(-c2ccccc2)o1)NCc1cn[nH]n1. The van der Waals surface area contributed by atoms with E-state index < -0.39 is 0 Å². The van der Waals surface area contributed by atoms with Crippen molar-refractivity contribution >= 4 is 5.91 Å². The maximum absolute atomic E-state index is 11.7. The Kier molecular flexibility index (Phi) is 4.24. The molecular weight excluding hydrogens is 282 g/mol. The summed E-state index contributed by atoms with van der Waals surface area (Å²) in [5, 5.41) is 12.8. The Morgan fingerprint density at radius 1 is 1.23 bits per heavy atom. The number of nitrogens with one attached hydrogen (secondary N) is 2. The number of amides is 1. The Balaban J connectivity index is 1.49. The van der Waals surface area contributed by atoms with Crippen LogP contribution in [0.4, 0.5) is 0 Å². The number of aromatic amines is 1. The highest BCUT2D eigenvalue weighted by molar-refractivity contribution is 5.75. The lowest BCUT2D eigenvalue weighted by molar-refractivity contribution is -0.121. The molecule has 7 nitrogen and oxygen atoms in total. The van der Waals surface area contributed by atoms with Crippen LogP contribution in [0.1, 0.15) is 18.0 Å². The standard InChI is InChI=1S/C15H15N5O2/c21-14(16-8-12-9-18-20-19-12)6-7-15-17-10-13(22-15)11-4-2-1-3-5-11/h1-5,9-10H,6-8H2,(H,16,21)(H,18,19,20). The van der Waals surface area contributed by atoms with Gasteiger partial charge in [0.15, 0.2) is 11.7 Å². The van der Waals surface area contributed by atoms with Crippen LogP contribution in [0.3, 0.4) is 0 Å². The van der Waals surface area contributed by atoms with Gasteiger partial charge in [-0.25, -0.2) is 4.98 Å². The molecule has 0 unspecified atom stereocenters. The summed E-state index contributed by atoms with van der Waals surface area (Å²) >= 11 is 0. The van der Waals surface area contributed by atoms with E-state index >= 15 is 0 Å². The first-order valence-electron chi connectivity index (χ1n) is 6.93. The Bertz CT molecular complexity index is 721. The lowest BCUT2D eigenvalue weighted by atomic mass is 10.2. The number of nitrogens with zero attached hydrogens (tertiary/aromatic N) is 3. The van der Waals surface area contributed by atoms with Gasteiger partial charge in [0.1, 0.15) is 5.69 Å². The summed E-state index contributed by atoms with van der Waals surface area (Å²) in [6.07, 6.45) is 4.02. The van der Waals surface area contributed by atoms with Crippen LogP contribution in [0.25, 0.3) is 11.3 Å². The van der Waals surface area contributed by atoms with Crippen molar-refractivity contribution in [3.8, 4) is 11.3 Å². The molecule has 0 saturated heterocycles. The summed E-state index contributed by atoms with van der Waals surface area (Å²) in [5.74, 6) is 1.18. The number of carbonyl (C=O) groups excluding carboxylic acids is 1. The normalized spacial score (nSPS) is 10.5. The average molecular weight is 297 g/mol. The number of hydrogen-bond acceptors (Lipinski definition) is 5. The predicted octanol–water partition coefficient (Wildman–Crippen LogP) is 1.71. The molecule has 0 radical (unpaired) electrons. The molecule has 3 aromatic rings. The lowest BCUT2D eigenvalue weighted by Crippen LogP contribution is -2.23. The number of oxazole rings is 1. The molecule has 0 bridgehead atoms. The van der Waals surface area contributed by atoms with Gasteiger partial charge in [0.05, 0.1) is 18.9 Å². The van der Waals surface area contributed by atoms with Crippen molar-refractivity contribution in [2.45, 2.75) is 19.4 Å². The monoisotopic (exact) mass is 297 g/mol. The fourth-order valence-electron chi connectivity index (χ4n) is 1.97. The summed E-state index contributed by atoms with van der Waals surface area (Å²) in [5.41, 5.74) is 1.66. The van der Waals surface area contributed by atoms with E-state index in [0.717, 1.165) is 5.56 Å². The second-order valence-electron chi connectivity index (χ2n) is 4.72. The summed E-state index contributed by atoms with van der Waals surface area (Å²) in [7, 11) is 0. The minimum absolute atomic E-state index is 0.0811. The molecule has 0 aliphatic carbocycles. The molecule has 22 heavy (non-hydrogen) atoms. The number of carbonyl (C=O) groups is 1. The highest BCUT2D eigenvalue weighted by atomic mass is 16.4. The number of rotatable bonds is 6. The quantitative estimate of drug-likeness (QED) is 0.722. The van der Waals surface area contributed by atoms with E-state index in [-0.39, 0.29) is 5.91 Å². The van der Waals surface area contributed by atoms with Gasteiger partial charge >= 0.3 is 0 Å². The van der Waals surface area contributed by atoms with Crippen molar-refractivity contribution in [2.24, 2.45) is 0 Å². The summed E-state index contributed by atoms with van der Waals surface area (Å²) in [6.45, 7) is 0.357.